The largest absolute Gasteiger partial charge is 0.394 e. The highest BCUT2D eigenvalue weighted by Crippen LogP contribution is 2.17. The first-order chi connectivity index (χ1) is 10.6. The van der Waals surface area contributed by atoms with Crippen LogP contribution in [0.15, 0.2) is 24.3 Å². The summed E-state index contributed by atoms with van der Waals surface area (Å²) in [5.74, 6) is 0.226. The van der Waals surface area contributed by atoms with Gasteiger partial charge in [-0.1, -0.05) is 0 Å². The van der Waals surface area contributed by atoms with E-state index in [-0.39, 0.29) is 11.7 Å². The molecule has 0 bridgehead atoms. The van der Waals surface area contributed by atoms with E-state index in [1.165, 1.54) is 0 Å². The number of rotatable bonds is 2. The fourth-order valence-electron chi connectivity index (χ4n) is 2.11. The number of piperazine rings is 1. The number of nitrogens with one attached hydrogen (secondary N) is 1. The van der Waals surface area contributed by atoms with Crippen molar-refractivity contribution in [1.29, 1.82) is 5.41 Å². The zero-order valence-electron chi connectivity index (χ0n) is 12.6. The maximum absolute atomic E-state index is 11.2. The second-order valence-corrected chi connectivity index (χ2v) is 5.81. The molecule has 0 unspecified atom stereocenters. The molecule has 1 heterocycles. The number of nitrogens with zero attached hydrogens (tertiary/aromatic N) is 2. The Balaban J connectivity index is 0.000000463. The molecular formula is C13H20N4O5S. The summed E-state index contributed by atoms with van der Waals surface area (Å²) in [6.07, 6.45) is 0. The average molecular weight is 344 g/mol. The van der Waals surface area contributed by atoms with Crippen LogP contribution in [-0.2, 0) is 10.4 Å². The monoisotopic (exact) mass is 344 g/mol. The highest BCUT2D eigenvalue weighted by molar-refractivity contribution is 7.79. The molecule has 1 aromatic carbocycles. The molecule has 23 heavy (non-hydrogen) atoms. The number of hydrogen-bond acceptors (Lipinski definition) is 5. The molecule has 9 nitrogen and oxygen atoms in total. The van der Waals surface area contributed by atoms with Crippen molar-refractivity contribution in [2.75, 3.05) is 31.1 Å². The third-order valence-electron chi connectivity index (χ3n) is 3.26. The lowest BCUT2D eigenvalue weighted by Gasteiger charge is -2.36. The number of benzene rings is 1. The van der Waals surface area contributed by atoms with Gasteiger partial charge in [-0.2, -0.15) is 8.42 Å². The van der Waals surface area contributed by atoms with Crippen LogP contribution in [0.4, 0.5) is 5.69 Å². The number of Topliss-reactive ketones (excluding diaryl/α,β-unsaturated/α-hetero) is 1. The molecule has 10 heteroatoms. The highest BCUT2D eigenvalue weighted by Gasteiger charge is 2.17. The van der Waals surface area contributed by atoms with Gasteiger partial charge in [0.25, 0.3) is 0 Å². The van der Waals surface area contributed by atoms with Gasteiger partial charge in [-0.15, -0.1) is 0 Å². The minimum atomic E-state index is -4.67. The lowest BCUT2D eigenvalue weighted by Crippen LogP contribution is -2.50. The second-order valence-electron chi connectivity index (χ2n) is 4.91. The van der Waals surface area contributed by atoms with E-state index in [9.17, 15) is 4.79 Å². The van der Waals surface area contributed by atoms with Crippen LogP contribution < -0.4 is 10.6 Å². The van der Waals surface area contributed by atoms with Crippen molar-refractivity contribution in [2.45, 2.75) is 6.92 Å². The SMILES string of the molecule is CC(=O)c1ccc(N2CCN(C(=N)N)CC2)cc1.O=S(=O)(O)O. The van der Waals surface area contributed by atoms with Crippen molar-refractivity contribution in [2.24, 2.45) is 5.73 Å². The Morgan fingerprint density at radius 3 is 1.91 bits per heavy atom. The van der Waals surface area contributed by atoms with Gasteiger partial charge in [-0.25, -0.2) is 0 Å². The number of guanidine groups is 1. The minimum Gasteiger partial charge on any atom is -0.370 e. The van der Waals surface area contributed by atoms with Crippen LogP contribution in [-0.4, -0.2) is 60.3 Å². The van der Waals surface area contributed by atoms with Gasteiger partial charge in [-0.3, -0.25) is 19.3 Å². The van der Waals surface area contributed by atoms with Gasteiger partial charge < -0.3 is 15.5 Å². The van der Waals surface area contributed by atoms with E-state index in [4.69, 9.17) is 28.7 Å². The van der Waals surface area contributed by atoms with Crippen LogP contribution in [0.25, 0.3) is 0 Å². The van der Waals surface area contributed by atoms with Crippen LogP contribution in [0.5, 0.6) is 0 Å². The molecule has 1 aromatic rings. The Bertz CT molecular complexity index is 643. The van der Waals surface area contributed by atoms with Crippen molar-refractivity contribution in [3.63, 3.8) is 0 Å². The standard InChI is InChI=1S/C13H18N4O.H2O4S/c1-10(18)11-2-4-12(5-3-11)16-6-8-17(9-7-16)13(14)15;1-5(2,3)4/h2-5H,6-9H2,1H3,(H3,14,15);(H2,1,2,3,4). The number of anilines is 1. The summed E-state index contributed by atoms with van der Waals surface area (Å²) in [5, 5.41) is 7.38. The summed E-state index contributed by atoms with van der Waals surface area (Å²) < 4.78 is 31.6. The van der Waals surface area contributed by atoms with E-state index in [0.717, 1.165) is 37.4 Å². The van der Waals surface area contributed by atoms with Crippen LogP contribution in [0, 0.1) is 5.41 Å². The summed E-state index contributed by atoms with van der Waals surface area (Å²) in [7, 11) is -4.67. The maximum atomic E-state index is 11.2. The van der Waals surface area contributed by atoms with Gasteiger partial charge in [0.05, 0.1) is 0 Å². The van der Waals surface area contributed by atoms with Gasteiger partial charge in [0, 0.05) is 37.4 Å². The van der Waals surface area contributed by atoms with E-state index in [1.54, 1.807) is 6.92 Å². The van der Waals surface area contributed by atoms with Crippen molar-refractivity contribution in [3.05, 3.63) is 29.8 Å². The topological polar surface area (TPSA) is 148 Å². The molecule has 0 atom stereocenters. The quantitative estimate of drug-likeness (QED) is 0.258. The predicted molar refractivity (Wildman–Crippen MR) is 86.3 cm³/mol. The molecule has 1 fully saturated rings. The zero-order chi connectivity index (χ0) is 17.6. The number of nitrogens with two attached hydrogens (primary N) is 1. The molecular weight excluding hydrogens is 324 g/mol. The lowest BCUT2D eigenvalue weighted by molar-refractivity contribution is 0.101. The first kappa shape index (κ1) is 18.9. The summed E-state index contributed by atoms with van der Waals surface area (Å²) >= 11 is 0. The Morgan fingerprint density at radius 2 is 1.57 bits per heavy atom. The van der Waals surface area contributed by atoms with Crippen molar-refractivity contribution in [1.82, 2.24) is 4.90 Å². The number of hydrogen-bond donors (Lipinski definition) is 4. The molecule has 5 N–H and O–H groups in total. The molecule has 0 saturated carbocycles. The molecule has 0 amide bonds. The second kappa shape index (κ2) is 7.90. The van der Waals surface area contributed by atoms with Crippen molar-refractivity contribution in [3.8, 4) is 0 Å². The van der Waals surface area contributed by atoms with Gasteiger partial charge in [0.15, 0.2) is 11.7 Å². The molecule has 1 saturated heterocycles. The number of carbonyl (C=O) groups excluding carboxylic acids is 1. The molecule has 0 spiro atoms. The van der Waals surface area contributed by atoms with Crippen molar-refractivity contribution >= 4 is 27.8 Å². The first-order valence-electron chi connectivity index (χ1n) is 6.72. The van der Waals surface area contributed by atoms with Crippen molar-refractivity contribution < 1.29 is 22.3 Å². The summed E-state index contributed by atoms with van der Waals surface area (Å²) in [6, 6.07) is 7.66. The molecule has 0 aliphatic carbocycles. The van der Waals surface area contributed by atoms with Gasteiger partial charge >= 0.3 is 10.4 Å². The average Bonchev–Trinajstić information content (AvgIpc) is 2.46. The van der Waals surface area contributed by atoms with E-state index >= 15 is 0 Å². The normalized spacial score (nSPS) is 14.7. The molecule has 0 aromatic heterocycles. The molecule has 128 valence electrons. The summed E-state index contributed by atoms with van der Waals surface area (Å²) in [5.41, 5.74) is 7.31. The molecule has 1 aliphatic heterocycles. The Kier molecular flexibility index (Phi) is 6.49. The molecule has 2 rings (SSSR count). The molecule has 0 radical (unpaired) electrons. The number of ketones is 1. The van der Waals surface area contributed by atoms with E-state index < -0.39 is 10.4 Å². The van der Waals surface area contributed by atoms with E-state index in [2.05, 4.69) is 4.90 Å². The lowest BCUT2D eigenvalue weighted by atomic mass is 10.1. The van der Waals surface area contributed by atoms with Gasteiger partial charge in [0.2, 0.25) is 0 Å². The predicted octanol–water partition coefficient (Wildman–Crippen LogP) is 0.252. The van der Waals surface area contributed by atoms with Crippen LogP contribution in [0.3, 0.4) is 0 Å². The fourth-order valence-corrected chi connectivity index (χ4v) is 2.11. The van der Waals surface area contributed by atoms with Gasteiger partial charge in [0.1, 0.15) is 0 Å². The Morgan fingerprint density at radius 1 is 1.13 bits per heavy atom. The third kappa shape index (κ3) is 7.08. The first-order valence-corrected chi connectivity index (χ1v) is 8.12. The fraction of sp³-hybridized carbons (Fsp3) is 0.385. The summed E-state index contributed by atoms with van der Waals surface area (Å²) in [4.78, 5) is 15.3. The van der Waals surface area contributed by atoms with Crippen LogP contribution >= 0.6 is 0 Å². The van der Waals surface area contributed by atoms with Crippen LogP contribution in [0.2, 0.25) is 0 Å². The maximum Gasteiger partial charge on any atom is 0.394 e. The minimum absolute atomic E-state index is 0.0861. The third-order valence-corrected chi connectivity index (χ3v) is 3.26. The van der Waals surface area contributed by atoms with E-state index in [1.807, 2.05) is 29.2 Å². The smallest absolute Gasteiger partial charge is 0.370 e. The van der Waals surface area contributed by atoms with Crippen LogP contribution in [0.1, 0.15) is 17.3 Å². The zero-order valence-corrected chi connectivity index (χ0v) is 13.5. The Hall–Kier alpha value is -2.17. The summed E-state index contributed by atoms with van der Waals surface area (Å²) in [6.45, 7) is 4.80. The van der Waals surface area contributed by atoms with E-state index in [0.29, 0.717) is 0 Å². The Labute approximate surface area is 134 Å². The number of carbonyl (C=O) groups is 1. The highest BCUT2D eigenvalue weighted by atomic mass is 32.3. The molecule has 1 aliphatic rings. The van der Waals surface area contributed by atoms with Gasteiger partial charge in [-0.05, 0) is 31.2 Å².